The number of unbranched alkanes of at least 4 members (excludes halogenated alkanes) is 4. The minimum absolute atomic E-state index is 0.0945. The molecule has 0 aliphatic rings. The lowest BCUT2D eigenvalue weighted by Crippen LogP contribution is -2.02. The minimum Gasteiger partial charge on any atom is -0.493 e. The summed E-state index contributed by atoms with van der Waals surface area (Å²) in [6.45, 7) is 4.24. The molecule has 0 aliphatic carbocycles. The van der Waals surface area contributed by atoms with Crippen LogP contribution in [-0.2, 0) is 4.79 Å². The molecule has 0 heterocycles. The number of hydrogen-bond donors (Lipinski definition) is 0. The standard InChI is InChI=1S/C39H40F6O5/c1-3-47-34-19-17-30(36(42)38(34)44)28-15-13-26(23-32(28)40)49-21-9-5-7-11-25(46)12-8-6-10-22-50-27-14-16-29(33(41)24-27)31-18-20-35(48-4-2)39(45)37(31)43/h13-20,23-24H,3-12,21-22H2,1-2H3. The maximum atomic E-state index is 14.7. The molecule has 0 bridgehead atoms. The fourth-order valence-corrected chi connectivity index (χ4v) is 5.33. The Labute approximate surface area is 288 Å². The molecule has 0 saturated heterocycles. The van der Waals surface area contributed by atoms with Gasteiger partial charge < -0.3 is 18.9 Å². The van der Waals surface area contributed by atoms with Crippen LogP contribution in [0, 0.1) is 34.9 Å². The van der Waals surface area contributed by atoms with Crippen LogP contribution in [0.4, 0.5) is 26.3 Å². The van der Waals surface area contributed by atoms with Crippen molar-refractivity contribution >= 4 is 5.78 Å². The Morgan fingerprint density at radius 3 is 1.26 bits per heavy atom. The summed E-state index contributed by atoms with van der Waals surface area (Å²) < 4.78 is 108. The highest BCUT2D eigenvalue weighted by Gasteiger charge is 2.20. The zero-order chi connectivity index (χ0) is 36.0. The average Bonchev–Trinajstić information content (AvgIpc) is 3.09. The van der Waals surface area contributed by atoms with Crippen LogP contribution >= 0.6 is 0 Å². The van der Waals surface area contributed by atoms with Gasteiger partial charge >= 0.3 is 0 Å². The third-order valence-electron chi connectivity index (χ3n) is 7.89. The molecule has 0 amide bonds. The number of benzene rings is 4. The van der Waals surface area contributed by atoms with E-state index in [0.717, 1.165) is 25.0 Å². The van der Waals surface area contributed by atoms with Crippen LogP contribution in [0.15, 0.2) is 60.7 Å². The maximum absolute atomic E-state index is 14.7. The Morgan fingerprint density at radius 1 is 0.480 bits per heavy atom. The van der Waals surface area contributed by atoms with E-state index in [1.807, 2.05) is 0 Å². The van der Waals surface area contributed by atoms with Crippen LogP contribution in [0.3, 0.4) is 0 Å². The summed E-state index contributed by atoms with van der Waals surface area (Å²) in [5.41, 5.74) is -0.620. The van der Waals surface area contributed by atoms with Crippen molar-refractivity contribution in [2.45, 2.75) is 65.2 Å². The lowest BCUT2D eigenvalue weighted by molar-refractivity contribution is -0.119. The van der Waals surface area contributed by atoms with Crippen molar-refractivity contribution in [3.8, 4) is 45.3 Å². The molecule has 50 heavy (non-hydrogen) atoms. The topological polar surface area (TPSA) is 54.0 Å². The minimum atomic E-state index is -1.19. The van der Waals surface area contributed by atoms with Crippen LogP contribution in [0.1, 0.15) is 65.2 Å². The molecular weight excluding hydrogens is 662 g/mol. The van der Waals surface area contributed by atoms with E-state index in [9.17, 15) is 31.1 Å². The van der Waals surface area contributed by atoms with Crippen LogP contribution < -0.4 is 18.9 Å². The van der Waals surface area contributed by atoms with Crippen LogP contribution in [0.5, 0.6) is 23.0 Å². The molecule has 268 valence electrons. The van der Waals surface area contributed by atoms with E-state index in [2.05, 4.69) is 0 Å². The Bertz CT molecular complexity index is 1620. The Kier molecular flexibility index (Phi) is 14.4. The lowest BCUT2D eigenvalue weighted by atomic mass is 10.0. The zero-order valence-electron chi connectivity index (χ0n) is 28.1. The zero-order valence-corrected chi connectivity index (χ0v) is 28.1. The first-order valence-corrected chi connectivity index (χ1v) is 16.7. The number of hydrogen-bond acceptors (Lipinski definition) is 5. The van der Waals surface area contributed by atoms with E-state index in [0.29, 0.717) is 51.7 Å². The summed E-state index contributed by atoms with van der Waals surface area (Å²) in [5.74, 6) is -6.02. The van der Waals surface area contributed by atoms with Crippen molar-refractivity contribution in [2.75, 3.05) is 26.4 Å². The monoisotopic (exact) mass is 702 g/mol. The molecule has 5 nitrogen and oxygen atoms in total. The van der Waals surface area contributed by atoms with Gasteiger partial charge in [0.05, 0.1) is 26.4 Å². The maximum Gasteiger partial charge on any atom is 0.201 e. The van der Waals surface area contributed by atoms with E-state index < -0.39 is 34.9 Å². The molecule has 4 aromatic carbocycles. The van der Waals surface area contributed by atoms with E-state index in [1.54, 1.807) is 13.8 Å². The molecule has 4 rings (SSSR count). The summed E-state index contributed by atoms with van der Waals surface area (Å²) in [6, 6.07) is 13.0. The number of ketones is 1. The van der Waals surface area contributed by atoms with Gasteiger partial charge in [-0.2, -0.15) is 8.78 Å². The van der Waals surface area contributed by atoms with Crippen molar-refractivity contribution in [2.24, 2.45) is 0 Å². The third-order valence-corrected chi connectivity index (χ3v) is 7.89. The SMILES string of the molecule is CCOc1ccc(-c2ccc(OCCCCCC(=O)CCCCCOc3ccc(-c4ccc(OCC)c(F)c4F)c(F)c3)cc2F)c(F)c1F. The van der Waals surface area contributed by atoms with Crippen molar-refractivity contribution in [3.63, 3.8) is 0 Å². The molecule has 0 atom stereocenters. The molecule has 0 aliphatic heterocycles. The number of carbonyl (C=O) groups is 1. The lowest BCUT2D eigenvalue weighted by Gasteiger charge is -2.11. The van der Waals surface area contributed by atoms with Gasteiger partial charge in [-0.25, -0.2) is 17.6 Å². The first-order chi connectivity index (χ1) is 24.1. The van der Waals surface area contributed by atoms with E-state index >= 15 is 0 Å². The van der Waals surface area contributed by atoms with Crippen molar-refractivity contribution in [1.82, 2.24) is 0 Å². The summed E-state index contributed by atoms with van der Waals surface area (Å²) in [6.07, 6.45) is 5.05. The van der Waals surface area contributed by atoms with Gasteiger partial charge in [0.15, 0.2) is 23.1 Å². The van der Waals surface area contributed by atoms with Gasteiger partial charge in [0.2, 0.25) is 11.6 Å². The van der Waals surface area contributed by atoms with E-state index in [4.69, 9.17) is 18.9 Å². The number of carbonyl (C=O) groups excluding carboxylic acids is 1. The van der Waals surface area contributed by atoms with Crippen molar-refractivity contribution < 1.29 is 50.1 Å². The Hall–Kier alpha value is -4.67. The molecule has 0 spiro atoms. The summed E-state index contributed by atoms with van der Waals surface area (Å²) in [7, 11) is 0. The van der Waals surface area contributed by atoms with Gasteiger partial charge in [0.1, 0.15) is 28.9 Å². The fourth-order valence-electron chi connectivity index (χ4n) is 5.33. The molecule has 0 radical (unpaired) electrons. The van der Waals surface area contributed by atoms with Gasteiger partial charge in [-0.3, -0.25) is 4.79 Å². The molecular formula is C39H40F6O5. The number of halogens is 6. The second-order valence-electron chi connectivity index (χ2n) is 11.5. The van der Waals surface area contributed by atoms with Gasteiger partial charge in [-0.1, -0.05) is 0 Å². The molecule has 11 heteroatoms. The van der Waals surface area contributed by atoms with Crippen molar-refractivity contribution in [3.05, 3.63) is 95.6 Å². The predicted molar refractivity (Wildman–Crippen MR) is 179 cm³/mol. The van der Waals surface area contributed by atoms with Gasteiger partial charge in [-0.05, 0) is 101 Å². The largest absolute Gasteiger partial charge is 0.493 e. The quantitative estimate of drug-likeness (QED) is 0.0678. The van der Waals surface area contributed by atoms with Gasteiger partial charge in [-0.15, -0.1) is 0 Å². The highest BCUT2D eigenvalue weighted by molar-refractivity contribution is 5.78. The second-order valence-corrected chi connectivity index (χ2v) is 11.5. The smallest absolute Gasteiger partial charge is 0.201 e. The highest BCUT2D eigenvalue weighted by Crippen LogP contribution is 2.34. The van der Waals surface area contributed by atoms with Crippen LogP contribution in [0.25, 0.3) is 22.3 Å². The number of Topliss-reactive ketones (excluding diaryl/α,β-unsaturated/α-hetero) is 1. The Morgan fingerprint density at radius 2 is 0.880 bits per heavy atom. The number of rotatable bonds is 20. The fraction of sp³-hybridized carbons (Fsp3) is 0.359. The van der Waals surface area contributed by atoms with Crippen LogP contribution in [-0.4, -0.2) is 32.2 Å². The van der Waals surface area contributed by atoms with Crippen molar-refractivity contribution in [1.29, 1.82) is 0 Å². The molecule has 0 aromatic heterocycles. The first-order valence-electron chi connectivity index (χ1n) is 16.7. The first kappa shape index (κ1) is 38.1. The third kappa shape index (κ3) is 10.2. The van der Waals surface area contributed by atoms with Gasteiger partial charge in [0.25, 0.3) is 0 Å². The summed E-state index contributed by atoms with van der Waals surface area (Å²) >= 11 is 0. The van der Waals surface area contributed by atoms with E-state index in [1.165, 1.54) is 48.5 Å². The van der Waals surface area contributed by atoms with Crippen LogP contribution in [0.2, 0.25) is 0 Å². The molecule has 0 unspecified atom stereocenters. The van der Waals surface area contributed by atoms with E-state index in [-0.39, 0.29) is 64.2 Å². The Balaban J connectivity index is 1.08. The summed E-state index contributed by atoms with van der Waals surface area (Å²) in [4.78, 5) is 12.3. The molecule has 4 aromatic rings. The molecule has 0 N–H and O–H groups in total. The molecule has 0 fully saturated rings. The highest BCUT2D eigenvalue weighted by atomic mass is 19.2. The second kappa shape index (κ2) is 18.9. The predicted octanol–water partition coefficient (Wildman–Crippen LogP) is 10.8. The molecule has 0 saturated carbocycles. The summed E-state index contributed by atoms with van der Waals surface area (Å²) in [5, 5.41) is 0. The normalized spacial score (nSPS) is 11.0. The number of ether oxygens (including phenoxy) is 4. The van der Waals surface area contributed by atoms with Gasteiger partial charge in [0, 0.05) is 47.2 Å². The average molecular weight is 703 g/mol.